The average molecular weight is 492 g/mol. The van der Waals surface area contributed by atoms with Gasteiger partial charge >= 0.3 is 17.9 Å². The molecule has 0 bridgehead atoms. The lowest BCUT2D eigenvalue weighted by atomic mass is 9.98. The summed E-state index contributed by atoms with van der Waals surface area (Å²) < 4.78 is 21.5. The van der Waals surface area contributed by atoms with Crippen LogP contribution in [0.25, 0.3) is 0 Å². The van der Waals surface area contributed by atoms with Crippen LogP contribution in [0.5, 0.6) is 0 Å². The van der Waals surface area contributed by atoms with E-state index in [9.17, 15) is 24.6 Å². The first-order chi connectivity index (χ1) is 17.4. The number of aliphatic hydroxyl groups is 2. The van der Waals surface area contributed by atoms with Gasteiger partial charge in [0.1, 0.15) is 18.8 Å². The zero-order valence-corrected chi connectivity index (χ0v) is 19.0. The fourth-order valence-corrected chi connectivity index (χ4v) is 3.65. The zero-order valence-electron chi connectivity index (χ0n) is 19.0. The lowest BCUT2D eigenvalue weighted by Crippen LogP contribution is -2.61. The molecule has 0 saturated carbocycles. The van der Waals surface area contributed by atoms with E-state index in [0.29, 0.717) is 0 Å². The Morgan fingerprint density at radius 2 is 1.06 bits per heavy atom. The minimum absolute atomic E-state index is 0.186. The number of carbonyl (C=O) groups excluding carboxylic acids is 3. The number of esters is 3. The molecule has 3 aromatic rings. The van der Waals surface area contributed by atoms with Crippen LogP contribution in [0.15, 0.2) is 91.0 Å². The molecule has 0 unspecified atom stereocenters. The Morgan fingerprint density at radius 3 is 1.53 bits per heavy atom. The number of hydrogen-bond donors (Lipinski definition) is 2. The first kappa shape index (κ1) is 25.1. The van der Waals surface area contributed by atoms with Crippen molar-refractivity contribution in [2.45, 2.75) is 30.7 Å². The minimum Gasteiger partial charge on any atom is -0.459 e. The predicted octanol–water partition coefficient (Wildman–Crippen LogP) is 2.37. The maximum atomic E-state index is 12.7. The third kappa shape index (κ3) is 5.95. The van der Waals surface area contributed by atoms with Gasteiger partial charge in [-0.05, 0) is 36.4 Å². The van der Waals surface area contributed by atoms with Crippen LogP contribution in [0.2, 0.25) is 0 Å². The van der Waals surface area contributed by atoms with Gasteiger partial charge in [0.15, 0.2) is 18.5 Å². The number of benzene rings is 3. The highest BCUT2D eigenvalue weighted by atomic mass is 16.7. The molecule has 9 nitrogen and oxygen atoms in total. The van der Waals surface area contributed by atoms with Gasteiger partial charge in [0.2, 0.25) is 0 Å². The van der Waals surface area contributed by atoms with Crippen molar-refractivity contribution in [2.75, 3.05) is 6.61 Å². The molecule has 3 aromatic carbocycles. The Bertz CT molecular complexity index is 1170. The Balaban J connectivity index is 1.52. The Kier molecular flexibility index (Phi) is 8.06. The highest BCUT2D eigenvalue weighted by Gasteiger charge is 2.50. The maximum absolute atomic E-state index is 12.7. The molecule has 1 aliphatic rings. The van der Waals surface area contributed by atoms with Crippen molar-refractivity contribution in [3.05, 3.63) is 108 Å². The molecule has 36 heavy (non-hydrogen) atoms. The summed E-state index contributed by atoms with van der Waals surface area (Å²) in [6.07, 6.45) is -7.72. The molecule has 0 aromatic heterocycles. The molecule has 0 spiro atoms. The summed E-state index contributed by atoms with van der Waals surface area (Å²) in [6.45, 7) is -0.454. The lowest BCUT2D eigenvalue weighted by molar-refractivity contribution is -0.284. The van der Waals surface area contributed by atoms with Crippen LogP contribution in [0.3, 0.4) is 0 Å². The SMILES string of the molecule is O=C(OC[C@H]1O[C@H](O)[C@@H](OC(=O)c2ccccc2)[C@@H](OC(=O)c2ccccc2)[C@@H]1O)c1ccccc1. The standard InChI is InChI=1S/C27H24O9/c28-21-20(16-33-24(29)17-10-4-1-5-11-17)34-27(32)23(36-26(31)19-14-8-3-9-15-19)22(21)35-25(30)18-12-6-2-7-13-18/h1-15,20-23,27-28,32H,16H2/t20-,21-,22+,23+,27+/m1/s1. The molecule has 1 aliphatic heterocycles. The van der Waals surface area contributed by atoms with E-state index < -0.39 is 55.2 Å². The van der Waals surface area contributed by atoms with Crippen LogP contribution in [-0.2, 0) is 18.9 Å². The Morgan fingerprint density at radius 1 is 0.639 bits per heavy atom. The van der Waals surface area contributed by atoms with Crippen molar-refractivity contribution >= 4 is 17.9 Å². The fourth-order valence-electron chi connectivity index (χ4n) is 3.65. The van der Waals surface area contributed by atoms with E-state index in [4.69, 9.17) is 18.9 Å². The monoisotopic (exact) mass is 492 g/mol. The van der Waals surface area contributed by atoms with Gasteiger partial charge in [0.05, 0.1) is 16.7 Å². The molecule has 4 rings (SSSR count). The number of rotatable bonds is 7. The van der Waals surface area contributed by atoms with Crippen molar-refractivity contribution in [3.8, 4) is 0 Å². The van der Waals surface area contributed by atoms with E-state index in [1.165, 1.54) is 24.3 Å². The summed E-state index contributed by atoms with van der Waals surface area (Å²) in [5.74, 6) is -2.30. The normalized spacial score (nSPS) is 23.3. The quantitative estimate of drug-likeness (QED) is 0.377. The summed E-state index contributed by atoms with van der Waals surface area (Å²) in [6, 6.07) is 24.1. The van der Waals surface area contributed by atoms with Crippen LogP contribution in [0, 0.1) is 0 Å². The largest absolute Gasteiger partial charge is 0.459 e. The predicted molar refractivity (Wildman–Crippen MR) is 125 cm³/mol. The Labute approximate surface area is 206 Å². The number of carbonyl (C=O) groups is 3. The molecule has 0 aliphatic carbocycles. The fraction of sp³-hybridized carbons (Fsp3) is 0.222. The summed E-state index contributed by atoms with van der Waals surface area (Å²) >= 11 is 0. The second kappa shape index (κ2) is 11.6. The van der Waals surface area contributed by atoms with Crippen molar-refractivity contribution < 1.29 is 43.5 Å². The van der Waals surface area contributed by atoms with E-state index in [0.717, 1.165) is 0 Å². The molecular weight excluding hydrogens is 468 g/mol. The van der Waals surface area contributed by atoms with Crippen LogP contribution in [-0.4, -0.2) is 65.4 Å². The first-order valence-corrected chi connectivity index (χ1v) is 11.2. The molecule has 9 heteroatoms. The van der Waals surface area contributed by atoms with Gasteiger partial charge in [0.25, 0.3) is 0 Å². The van der Waals surface area contributed by atoms with E-state index in [2.05, 4.69) is 0 Å². The van der Waals surface area contributed by atoms with Crippen molar-refractivity contribution in [1.29, 1.82) is 0 Å². The van der Waals surface area contributed by atoms with E-state index in [-0.39, 0.29) is 16.7 Å². The molecular formula is C27H24O9. The van der Waals surface area contributed by atoms with Gasteiger partial charge in [0, 0.05) is 0 Å². The molecule has 1 fully saturated rings. The van der Waals surface area contributed by atoms with Gasteiger partial charge in [-0.25, -0.2) is 14.4 Å². The number of hydrogen-bond acceptors (Lipinski definition) is 9. The molecule has 5 atom stereocenters. The Hall–Kier alpha value is -4.05. The summed E-state index contributed by atoms with van der Waals surface area (Å²) in [4.78, 5) is 37.7. The molecule has 0 radical (unpaired) electrons. The molecule has 1 heterocycles. The smallest absolute Gasteiger partial charge is 0.338 e. The van der Waals surface area contributed by atoms with Crippen molar-refractivity contribution in [3.63, 3.8) is 0 Å². The van der Waals surface area contributed by atoms with Gasteiger partial charge in [-0.2, -0.15) is 0 Å². The zero-order chi connectivity index (χ0) is 25.5. The molecule has 1 saturated heterocycles. The summed E-state index contributed by atoms with van der Waals surface area (Å²) in [5, 5.41) is 21.6. The first-order valence-electron chi connectivity index (χ1n) is 11.2. The summed E-state index contributed by atoms with van der Waals surface area (Å²) in [5.41, 5.74) is 0.655. The van der Waals surface area contributed by atoms with Crippen molar-refractivity contribution in [1.82, 2.24) is 0 Å². The third-order valence-electron chi connectivity index (χ3n) is 5.53. The van der Waals surface area contributed by atoms with Crippen LogP contribution in [0.1, 0.15) is 31.1 Å². The molecule has 186 valence electrons. The van der Waals surface area contributed by atoms with Crippen LogP contribution >= 0.6 is 0 Å². The van der Waals surface area contributed by atoms with Gasteiger partial charge in [-0.15, -0.1) is 0 Å². The van der Waals surface area contributed by atoms with Crippen molar-refractivity contribution in [2.24, 2.45) is 0 Å². The van der Waals surface area contributed by atoms with Crippen LogP contribution in [0.4, 0.5) is 0 Å². The van der Waals surface area contributed by atoms with E-state index in [1.807, 2.05) is 0 Å². The average Bonchev–Trinajstić information content (AvgIpc) is 2.92. The minimum atomic E-state index is -1.78. The second-order valence-electron chi connectivity index (χ2n) is 7.99. The highest BCUT2D eigenvalue weighted by Crippen LogP contribution is 2.27. The highest BCUT2D eigenvalue weighted by molar-refractivity contribution is 5.90. The molecule has 2 N–H and O–H groups in total. The molecule has 0 amide bonds. The second-order valence-corrected chi connectivity index (χ2v) is 7.99. The van der Waals surface area contributed by atoms with Crippen LogP contribution < -0.4 is 0 Å². The van der Waals surface area contributed by atoms with Gasteiger partial charge in [-0.3, -0.25) is 0 Å². The van der Waals surface area contributed by atoms with Gasteiger partial charge in [-0.1, -0.05) is 54.6 Å². The number of ether oxygens (including phenoxy) is 4. The maximum Gasteiger partial charge on any atom is 0.338 e. The van der Waals surface area contributed by atoms with E-state index in [1.54, 1.807) is 66.7 Å². The third-order valence-corrected chi connectivity index (χ3v) is 5.53. The lowest BCUT2D eigenvalue weighted by Gasteiger charge is -2.41. The topological polar surface area (TPSA) is 129 Å². The summed E-state index contributed by atoms with van der Waals surface area (Å²) in [7, 11) is 0. The van der Waals surface area contributed by atoms with Gasteiger partial charge < -0.3 is 29.2 Å². The number of aliphatic hydroxyl groups excluding tert-OH is 2. The van der Waals surface area contributed by atoms with E-state index >= 15 is 0 Å².